The lowest BCUT2D eigenvalue weighted by Gasteiger charge is -2.48. The van der Waals surface area contributed by atoms with Gasteiger partial charge < -0.3 is 9.47 Å². The quantitative estimate of drug-likeness (QED) is 0.548. The number of cyclic esters (lactones) is 1. The molecule has 0 bridgehead atoms. The standard InChI is InChI=1S/C20H24O4/c1-10(2)20-8-11-4-5-14-13-9-23-18(22)12(13)6-7-19(14,3)15(11)16(21)17(20)24-20/h10,14,17H,4-9H2,1-3H3. The van der Waals surface area contributed by atoms with Crippen LogP contribution in [-0.2, 0) is 19.1 Å². The van der Waals surface area contributed by atoms with Gasteiger partial charge in [-0.3, -0.25) is 4.79 Å². The highest BCUT2D eigenvalue weighted by atomic mass is 16.6. The van der Waals surface area contributed by atoms with E-state index in [1.165, 1.54) is 11.1 Å². The average Bonchev–Trinajstić information content (AvgIpc) is 3.18. The molecule has 3 aliphatic carbocycles. The molecule has 2 aliphatic heterocycles. The van der Waals surface area contributed by atoms with E-state index in [1.54, 1.807) is 0 Å². The van der Waals surface area contributed by atoms with Crippen LogP contribution in [0.3, 0.4) is 0 Å². The monoisotopic (exact) mass is 328 g/mol. The molecule has 0 radical (unpaired) electrons. The van der Waals surface area contributed by atoms with Gasteiger partial charge in [0.05, 0.1) is 0 Å². The van der Waals surface area contributed by atoms with Gasteiger partial charge in [0.1, 0.15) is 12.2 Å². The molecule has 24 heavy (non-hydrogen) atoms. The van der Waals surface area contributed by atoms with Crippen LogP contribution >= 0.6 is 0 Å². The first-order valence-electron chi connectivity index (χ1n) is 9.22. The van der Waals surface area contributed by atoms with Gasteiger partial charge in [-0.2, -0.15) is 0 Å². The molecular weight excluding hydrogens is 304 g/mol. The fourth-order valence-electron chi connectivity index (χ4n) is 5.94. The van der Waals surface area contributed by atoms with Crippen LogP contribution in [0.1, 0.15) is 52.9 Å². The third-order valence-corrected chi connectivity index (χ3v) is 7.41. The molecule has 5 aliphatic rings. The summed E-state index contributed by atoms with van der Waals surface area (Å²) in [5.74, 6) is 0.742. The molecule has 0 saturated carbocycles. The Bertz CT molecular complexity index is 743. The van der Waals surface area contributed by atoms with Gasteiger partial charge in [-0.05, 0) is 43.1 Å². The number of hydrogen-bond donors (Lipinski definition) is 0. The molecule has 0 aromatic carbocycles. The van der Waals surface area contributed by atoms with Crippen molar-refractivity contribution in [3.8, 4) is 0 Å². The maximum atomic E-state index is 13.2. The Labute approximate surface area is 142 Å². The molecular formula is C20H24O4. The zero-order valence-corrected chi connectivity index (χ0v) is 14.6. The van der Waals surface area contributed by atoms with E-state index in [1.807, 2.05) is 0 Å². The van der Waals surface area contributed by atoms with Gasteiger partial charge in [-0.25, -0.2) is 4.79 Å². The topological polar surface area (TPSA) is 55.9 Å². The number of esters is 1. The second-order valence-corrected chi connectivity index (χ2v) is 8.72. The lowest BCUT2D eigenvalue weighted by Crippen LogP contribution is -2.46. The zero-order chi connectivity index (χ0) is 16.9. The molecule has 0 amide bonds. The van der Waals surface area contributed by atoms with E-state index in [-0.39, 0.29) is 34.8 Å². The number of carbonyl (C=O) groups is 2. The van der Waals surface area contributed by atoms with Gasteiger partial charge in [0, 0.05) is 23.0 Å². The van der Waals surface area contributed by atoms with Crippen LogP contribution in [0.2, 0.25) is 0 Å². The Morgan fingerprint density at radius 3 is 2.75 bits per heavy atom. The Kier molecular flexibility index (Phi) is 2.73. The molecule has 1 saturated heterocycles. The summed E-state index contributed by atoms with van der Waals surface area (Å²) in [5, 5.41) is 0. The molecule has 2 heterocycles. The molecule has 0 aromatic heterocycles. The first kappa shape index (κ1) is 14.9. The van der Waals surface area contributed by atoms with Crippen molar-refractivity contribution in [3.05, 3.63) is 22.3 Å². The maximum absolute atomic E-state index is 13.2. The van der Waals surface area contributed by atoms with Crippen molar-refractivity contribution < 1.29 is 19.1 Å². The van der Waals surface area contributed by atoms with Crippen molar-refractivity contribution in [1.82, 2.24) is 0 Å². The van der Waals surface area contributed by atoms with Crippen LogP contribution in [0.5, 0.6) is 0 Å². The third-order valence-electron chi connectivity index (χ3n) is 7.41. The Balaban J connectivity index is 1.59. The summed E-state index contributed by atoms with van der Waals surface area (Å²) in [6, 6.07) is 0. The summed E-state index contributed by atoms with van der Waals surface area (Å²) < 4.78 is 11.3. The van der Waals surface area contributed by atoms with E-state index in [0.29, 0.717) is 12.5 Å². The van der Waals surface area contributed by atoms with E-state index in [0.717, 1.165) is 43.3 Å². The average molecular weight is 328 g/mol. The van der Waals surface area contributed by atoms with Crippen LogP contribution < -0.4 is 0 Å². The van der Waals surface area contributed by atoms with Crippen LogP contribution in [0, 0.1) is 17.3 Å². The predicted molar refractivity (Wildman–Crippen MR) is 87.1 cm³/mol. The summed E-state index contributed by atoms with van der Waals surface area (Å²) in [7, 11) is 0. The first-order valence-corrected chi connectivity index (χ1v) is 9.22. The number of ether oxygens (including phenoxy) is 2. The van der Waals surface area contributed by atoms with E-state index in [4.69, 9.17) is 9.47 Å². The molecule has 0 N–H and O–H groups in total. The second kappa shape index (κ2) is 4.40. The molecule has 4 heteroatoms. The van der Waals surface area contributed by atoms with Crippen LogP contribution in [0.25, 0.3) is 0 Å². The number of ketones is 1. The number of fused-ring (bicyclic) bond motifs is 4. The molecule has 128 valence electrons. The maximum Gasteiger partial charge on any atom is 0.334 e. The summed E-state index contributed by atoms with van der Waals surface area (Å²) in [6.07, 6.45) is 4.28. The SMILES string of the molecule is CC(C)C12CC3=C(C(=O)C1O2)C1(C)CCC2=C(COC2=O)C1CC3. The largest absolute Gasteiger partial charge is 0.458 e. The van der Waals surface area contributed by atoms with E-state index in [9.17, 15) is 9.59 Å². The smallest absolute Gasteiger partial charge is 0.334 e. The van der Waals surface area contributed by atoms with Crippen molar-refractivity contribution in [3.63, 3.8) is 0 Å². The fraction of sp³-hybridized carbons (Fsp3) is 0.700. The molecule has 4 unspecified atom stereocenters. The summed E-state index contributed by atoms with van der Waals surface area (Å²) in [6.45, 7) is 6.99. The van der Waals surface area contributed by atoms with Crippen molar-refractivity contribution >= 4 is 11.8 Å². The van der Waals surface area contributed by atoms with Crippen molar-refractivity contribution in [2.24, 2.45) is 17.3 Å². The molecule has 0 aromatic rings. The number of rotatable bonds is 1. The van der Waals surface area contributed by atoms with Crippen molar-refractivity contribution in [2.45, 2.75) is 64.6 Å². The van der Waals surface area contributed by atoms with E-state index in [2.05, 4.69) is 20.8 Å². The van der Waals surface area contributed by atoms with Crippen molar-refractivity contribution in [1.29, 1.82) is 0 Å². The highest BCUT2D eigenvalue weighted by Crippen LogP contribution is 2.63. The number of epoxide rings is 1. The molecule has 1 fully saturated rings. The van der Waals surface area contributed by atoms with E-state index >= 15 is 0 Å². The Morgan fingerprint density at radius 2 is 2.00 bits per heavy atom. The number of Topliss-reactive ketones (excluding diaryl/α,β-unsaturated/α-hetero) is 1. The minimum Gasteiger partial charge on any atom is -0.458 e. The summed E-state index contributed by atoms with van der Waals surface area (Å²) in [5.41, 5.74) is 4.06. The Hall–Kier alpha value is -1.42. The Morgan fingerprint density at radius 1 is 1.21 bits per heavy atom. The normalized spacial score (nSPS) is 43.3. The van der Waals surface area contributed by atoms with Crippen molar-refractivity contribution in [2.75, 3.05) is 6.61 Å². The molecule has 4 nitrogen and oxygen atoms in total. The first-order chi connectivity index (χ1) is 11.4. The lowest BCUT2D eigenvalue weighted by atomic mass is 9.53. The van der Waals surface area contributed by atoms with Gasteiger partial charge in [-0.1, -0.05) is 26.3 Å². The molecule has 0 spiro atoms. The molecule has 4 atom stereocenters. The van der Waals surface area contributed by atoms with Gasteiger partial charge >= 0.3 is 5.97 Å². The summed E-state index contributed by atoms with van der Waals surface area (Å²) in [4.78, 5) is 25.2. The third kappa shape index (κ3) is 1.58. The van der Waals surface area contributed by atoms with Gasteiger partial charge in [0.15, 0.2) is 11.9 Å². The highest BCUT2D eigenvalue weighted by Gasteiger charge is 2.68. The van der Waals surface area contributed by atoms with E-state index < -0.39 is 0 Å². The van der Waals surface area contributed by atoms with Gasteiger partial charge in [0.2, 0.25) is 0 Å². The van der Waals surface area contributed by atoms with Crippen LogP contribution in [0.4, 0.5) is 0 Å². The molecule has 5 rings (SSSR count). The minimum absolute atomic E-state index is 0.133. The van der Waals surface area contributed by atoms with Crippen LogP contribution in [-0.4, -0.2) is 30.1 Å². The number of carbonyl (C=O) groups excluding carboxylic acids is 2. The second-order valence-electron chi connectivity index (χ2n) is 8.72. The number of hydrogen-bond acceptors (Lipinski definition) is 4. The highest BCUT2D eigenvalue weighted by molar-refractivity contribution is 6.05. The zero-order valence-electron chi connectivity index (χ0n) is 14.6. The summed E-state index contributed by atoms with van der Waals surface area (Å²) >= 11 is 0. The lowest BCUT2D eigenvalue weighted by molar-refractivity contribution is -0.136. The van der Waals surface area contributed by atoms with Gasteiger partial charge in [-0.15, -0.1) is 0 Å². The fourth-order valence-corrected chi connectivity index (χ4v) is 5.94. The van der Waals surface area contributed by atoms with Crippen LogP contribution in [0.15, 0.2) is 22.3 Å². The predicted octanol–water partition coefficient (Wildman–Crippen LogP) is 3.11. The van der Waals surface area contributed by atoms with Gasteiger partial charge in [0.25, 0.3) is 0 Å². The minimum atomic E-state index is -0.233.